The summed E-state index contributed by atoms with van der Waals surface area (Å²) >= 11 is 6.49. The van der Waals surface area contributed by atoms with Crippen molar-refractivity contribution in [1.82, 2.24) is 10.3 Å². The van der Waals surface area contributed by atoms with Gasteiger partial charge in [0.1, 0.15) is 0 Å². The van der Waals surface area contributed by atoms with Crippen LogP contribution in [0.25, 0.3) is 10.9 Å². The second-order valence-corrected chi connectivity index (χ2v) is 6.97. The van der Waals surface area contributed by atoms with Crippen molar-refractivity contribution in [2.75, 3.05) is 20.3 Å². The quantitative estimate of drug-likeness (QED) is 0.554. The molecule has 0 saturated carbocycles. The minimum atomic E-state index is -0.123. The first-order valence-corrected chi connectivity index (χ1v) is 9.62. The zero-order valence-electron chi connectivity index (χ0n) is 15.7. The number of para-hydroxylation sites is 1. The van der Waals surface area contributed by atoms with Crippen molar-refractivity contribution in [3.05, 3.63) is 70.4 Å². The maximum absolute atomic E-state index is 12.5. The number of ether oxygens (including phenoxy) is 1. The molecule has 0 fully saturated rings. The topological polar surface area (TPSA) is 54.1 Å². The number of aromatic nitrogens is 1. The van der Waals surface area contributed by atoms with Crippen molar-refractivity contribution in [2.45, 2.75) is 25.7 Å². The summed E-state index contributed by atoms with van der Waals surface area (Å²) in [5, 5.41) is 4.74. The summed E-state index contributed by atoms with van der Waals surface area (Å²) in [5.41, 5.74) is 4.45. The molecule has 0 aliphatic heterocycles. The molecule has 1 aromatic heterocycles. The van der Waals surface area contributed by atoms with Crippen molar-refractivity contribution >= 4 is 28.4 Å². The lowest BCUT2D eigenvalue weighted by Crippen LogP contribution is -2.28. The number of nitrogens with one attached hydrogen (secondary N) is 2. The number of hydrogen-bond acceptors (Lipinski definition) is 2. The summed E-state index contributed by atoms with van der Waals surface area (Å²) in [6.45, 7) is 3.14. The van der Waals surface area contributed by atoms with E-state index in [0.29, 0.717) is 24.6 Å². The fraction of sp³-hybridized carbons (Fsp3) is 0.318. The van der Waals surface area contributed by atoms with Gasteiger partial charge in [0.25, 0.3) is 0 Å². The highest BCUT2D eigenvalue weighted by molar-refractivity contribution is 6.31. The standard InChI is InChI=1S/C22H25ClN2O2/c1-3-15-7-6-9-17-19(14-25-22(15)17)18(13-21(26)24-11-12-27-2)16-8-4-5-10-20(16)23/h4-10,14,18,25H,3,11-13H2,1-2H3,(H,24,26). The van der Waals surface area contributed by atoms with Gasteiger partial charge in [0.05, 0.1) is 6.61 Å². The number of amides is 1. The summed E-state index contributed by atoms with van der Waals surface area (Å²) in [6.07, 6.45) is 3.29. The lowest BCUT2D eigenvalue weighted by atomic mass is 9.87. The number of halogens is 1. The molecule has 2 aromatic carbocycles. The Hall–Kier alpha value is -2.30. The van der Waals surface area contributed by atoms with E-state index in [0.717, 1.165) is 28.5 Å². The van der Waals surface area contributed by atoms with Gasteiger partial charge in [-0.15, -0.1) is 0 Å². The Balaban J connectivity index is 2.00. The largest absolute Gasteiger partial charge is 0.383 e. The highest BCUT2D eigenvalue weighted by Gasteiger charge is 2.23. The van der Waals surface area contributed by atoms with Crippen LogP contribution in [0.3, 0.4) is 0 Å². The molecule has 0 saturated heterocycles. The van der Waals surface area contributed by atoms with E-state index in [-0.39, 0.29) is 11.8 Å². The molecule has 0 aliphatic rings. The lowest BCUT2D eigenvalue weighted by Gasteiger charge is -2.18. The SMILES string of the molecule is CCc1cccc2c(C(CC(=O)NCCOC)c3ccccc3Cl)c[nH]c12. The molecule has 5 heteroatoms. The van der Waals surface area contributed by atoms with Crippen molar-refractivity contribution in [3.8, 4) is 0 Å². The van der Waals surface area contributed by atoms with E-state index >= 15 is 0 Å². The predicted octanol–water partition coefficient (Wildman–Crippen LogP) is 4.67. The Kier molecular flexibility index (Phi) is 6.54. The van der Waals surface area contributed by atoms with Gasteiger partial charge in [-0.05, 0) is 29.2 Å². The number of aromatic amines is 1. The van der Waals surface area contributed by atoms with Gasteiger partial charge >= 0.3 is 0 Å². The number of rotatable bonds is 8. The van der Waals surface area contributed by atoms with E-state index in [2.05, 4.69) is 35.4 Å². The summed E-state index contributed by atoms with van der Waals surface area (Å²) in [4.78, 5) is 16.0. The number of benzene rings is 2. The van der Waals surface area contributed by atoms with E-state index < -0.39 is 0 Å². The first-order chi connectivity index (χ1) is 13.2. The van der Waals surface area contributed by atoms with Crippen LogP contribution in [0.1, 0.15) is 36.0 Å². The molecule has 142 valence electrons. The van der Waals surface area contributed by atoms with Gasteiger partial charge in [-0.2, -0.15) is 0 Å². The smallest absolute Gasteiger partial charge is 0.221 e. The van der Waals surface area contributed by atoms with Crippen molar-refractivity contribution < 1.29 is 9.53 Å². The molecule has 0 spiro atoms. The zero-order chi connectivity index (χ0) is 19.2. The maximum atomic E-state index is 12.5. The van der Waals surface area contributed by atoms with Crippen molar-refractivity contribution in [1.29, 1.82) is 0 Å². The molecule has 1 unspecified atom stereocenters. The fourth-order valence-electron chi connectivity index (χ4n) is 3.52. The minimum absolute atomic E-state index is 0.0158. The third kappa shape index (κ3) is 4.34. The van der Waals surface area contributed by atoms with Gasteiger partial charge in [0, 0.05) is 48.1 Å². The summed E-state index contributed by atoms with van der Waals surface area (Å²) < 4.78 is 5.02. The van der Waals surface area contributed by atoms with Gasteiger partial charge in [-0.1, -0.05) is 54.9 Å². The molecule has 3 rings (SSSR count). The lowest BCUT2D eigenvalue weighted by molar-refractivity contribution is -0.121. The zero-order valence-corrected chi connectivity index (χ0v) is 16.5. The summed E-state index contributed by atoms with van der Waals surface area (Å²) in [6, 6.07) is 14.0. The molecule has 1 atom stereocenters. The van der Waals surface area contributed by atoms with Crippen LogP contribution in [-0.2, 0) is 16.0 Å². The van der Waals surface area contributed by atoms with Crippen LogP contribution in [0.15, 0.2) is 48.7 Å². The molecule has 2 N–H and O–H groups in total. The summed E-state index contributed by atoms with van der Waals surface area (Å²) in [5.74, 6) is -0.139. The van der Waals surface area contributed by atoms with Gasteiger partial charge in [-0.3, -0.25) is 4.79 Å². The number of methoxy groups -OCH3 is 1. The number of hydrogen-bond donors (Lipinski definition) is 2. The van der Waals surface area contributed by atoms with Gasteiger partial charge in [0.15, 0.2) is 0 Å². The normalized spacial score (nSPS) is 12.3. The molecule has 0 aliphatic carbocycles. The first kappa shape index (κ1) is 19.5. The van der Waals surface area contributed by atoms with Crippen molar-refractivity contribution in [2.24, 2.45) is 0 Å². The number of aryl methyl sites for hydroxylation is 1. The molecule has 0 bridgehead atoms. The predicted molar refractivity (Wildman–Crippen MR) is 110 cm³/mol. The summed E-state index contributed by atoms with van der Waals surface area (Å²) in [7, 11) is 1.62. The molecular formula is C22H25ClN2O2. The number of H-pyrrole nitrogens is 1. The maximum Gasteiger partial charge on any atom is 0.221 e. The number of carbonyl (C=O) groups excluding carboxylic acids is 1. The van der Waals surface area contributed by atoms with Crippen LogP contribution in [-0.4, -0.2) is 31.2 Å². The van der Waals surface area contributed by atoms with Crippen LogP contribution in [0.4, 0.5) is 0 Å². The fourth-order valence-corrected chi connectivity index (χ4v) is 3.78. The third-order valence-corrected chi connectivity index (χ3v) is 5.23. The molecule has 4 nitrogen and oxygen atoms in total. The molecule has 1 amide bonds. The van der Waals surface area contributed by atoms with E-state index in [1.54, 1.807) is 7.11 Å². The Morgan fingerprint density at radius 2 is 2.00 bits per heavy atom. The molecule has 1 heterocycles. The highest BCUT2D eigenvalue weighted by Crippen LogP contribution is 2.37. The highest BCUT2D eigenvalue weighted by atomic mass is 35.5. The number of fused-ring (bicyclic) bond motifs is 1. The van der Waals surface area contributed by atoms with Gasteiger partial charge in [0.2, 0.25) is 5.91 Å². The molecule has 0 radical (unpaired) electrons. The average molecular weight is 385 g/mol. The van der Waals surface area contributed by atoms with E-state index in [9.17, 15) is 4.79 Å². The minimum Gasteiger partial charge on any atom is -0.383 e. The van der Waals surface area contributed by atoms with Crippen molar-refractivity contribution in [3.63, 3.8) is 0 Å². The molecule has 27 heavy (non-hydrogen) atoms. The molecular weight excluding hydrogens is 360 g/mol. The van der Waals surface area contributed by atoms with Gasteiger partial charge < -0.3 is 15.0 Å². The van der Waals surface area contributed by atoms with E-state index in [1.165, 1.54) is 5.56 Å². The average Bonchev–Trinajstić information content (AvgIpc) is 3.11. The van der Waals surface area contributed by atoms with E-state index in [1.807, 2.05) is 30.5 Å². The first-order valence-electron chi connectivity index (χ1n) is 9.24. The van der Waals surface area contributed by atoms with Gasteiger partial charge in [-0.25, -0.2) is 0 Å². The number of carbonyl (C=O) groups is 1. The van der Waals surface area contributed by atoms with Crippen LogP contribution < -0.4 is 5.32 Å². The second-order valence-electron chi connectivity index (χ2n) is 6.56. The monoisotopic (exact) mass is 384 g/mol. The third-order valence-electron chi connectivity index (χ3n) is 4.89. The Bertz CT molecular complexity index is 920. The van der Waals surface area contributed by atoms with Crippen LogP contribution in [0.5, 0.6) is 0 Å². The Morgan fingerprint density at radius 1 is 1.19 bits per heavy atom. The molecule has 3 aromatic rings. The Labute approximate surface area is 164 Å². The second kappa shape index (κ2) is 9.07. The van der Waals surface area contributed by atoms with Crippen LogP contribution in [0.2, 0.25) is 5.02 Å². The van der Waals surface area contributed by atoms with Crippen LogP contribution >= 0.6 is 11.6 Å². The Morgan fingerprint density at radius 3 is 2.74 bits per heavy atom. The van der Waals surface area contributed by atoms with Crippen LogP contribution in [0, 0.1) is 0 Å². The van der Waals surface area contributed by atoms with E-state index in [4.69, 9.17) is 16.3 Å².